The van der Waals surface area contributed by atoms with Crippen LogP contribution in [0, 0.1) is 40.7 Å². The van der Waals surface area contributed by atoms with Gasteiger partial charge in [-0.05, 0) is 0 Å². The van der Waals surface area contributed by atoms with Crippen LogP contribution in [0.2, 0.25) is 0 Å². The number of hydrogen-bond acceptors (Lipinski definition) is 0. The summed E-state index contributed by atoms with van der Waals surface area (Å²) in [6, 6.07) is -0.0858. The van der Waals surface area contributed by atoms with E-state index < -0.39 is 51.5 Å². The molecule has 0 fully saturated rings. The number of rotatable bonds is 0. The molecule has 0 N–H and O–H groups in total. The van der Waals surface area contributed by atoms with Gasteiger partial charge < -0.3 is 24.8 Å². The van der Waals surface area contributed by atoms with Crippen molar-refractivity contribution in [1.29, 1.82) is 0 Å². The molecule has 0 aliphatic heterocycles. The number of halogens is 9. The van der Waals surface area contributed by atoms with Crippen molar-refractivity contribution in [2.24, 2.45) is 0 Å². The van der Waals surface area contributed by atoms with Crippen LogP contribution in [-0.2, 0) is 0 Å². The van der Waals surface area contributed by atoms with E-state index in [0.717, 1.165) is 0 Å². The van der Waals surface area contributed by atoms with E-state index in [2.05, 4.69) is 0 Å². The number of benzene rings is 2. The van der Waals surface area contributed by atoms with Gasteiger partial charge in [0, 0.05) is 6.07 Å². The molecule has 0 radical (unpaired) electrons. The third kappa shape index (κ3) is 3.08. The molecule has 0 heterocycles. The third-order valence-corrected chi connectivity index (χ3v) is 2.19. The second kappa shape index (κ2) is 7.53. The average Bonchev–Trinajstić information content (AvgIpc) is 2.28. The van der Waals surface area contributed by atoms with Crippen molar-refractivity contribution < 1.29 is 55.5 Å². The van der Waals surface area contributed by atoms with E-state index in [9.17, 15) is 30.7 Å². The van der Waals surface area contributed by atoms with E-state index in [1.54, 1.807) is 0 Å². The first-order valence-corrected chi connectivity index (χ1v) is 4.15. The molecule has 106 valence electrons. The molecule has 0 bridgehead atoms. The Morgan fingerprint density at radius 1 is 0.500 bits per heavy atom. The first-order chi connectivity index (χ1) is 7.86. The molecule has 0 saturated heterocycles. The Hall–Kier alpha value is -0.444. The Labute approximate surface area is 136 Å². The van der Waals surface area contributed by atoms with Crippen LogP contribution in [0.15, 0.2) is 6.07 Å². The summed E-state index contributed by atoms with van der Waals surface area (Å²) in [5.41, 5.74) is 0. The quantitative estimate of drug-likeness (QED) is 0.213. The van der Waals surface area contributed by atoms with Gasteiger partial charge in [-0.25, -0.2) is 30.7 Å². The molecular formula is C10HCl2F7Mg. The molecule has 0 nitrogen and oxygen atoms in total. The minimum Gasteiger partial charge on any atom is -1.00 e. The molecular weight excluding hydrogens is 348 g/mol. The fourth-order valence-corrected chi connectivity index (χ4v) is 1.43. The van der Waals surface area contributed by atoms with Crippen molar-refractivity contribution in [3.63, 3.8) is 0 Å². The van der Waals surface area contributed by atoms with Crippen molar-refractivity contribution in [1.82, 2.24) is 0 Å². The summed E-state index contributed by atoms with van der Waals surface area (Å²) in [6.45, 7) is 0. The van der Waals surface area contributed by atoms with Gasteiger partial charge in [0.05, 0.1) is 10.8 Å². The average molecular weight is 349 g/mol. The van der Waals surface area contributed by atoms with Gasteiger partial charge in [0.1, 0.15) is 5.82 Å². The minimum absolute atomic E-state index is 0. The Kier molecular flexibility index (Phi) is 8.23. The zero-order valence-corrected chi connectivity index (χ0v) is 12.1. The zero-order valence-electron chi connectivity index (χ0n) is 9.19. The number of fused-ring (bicyclic) bond motifs is 1. The van der Waals surface area contributed by atoms with E-state index >= 15 is 0 Å². The minimum atomic E-state index is -2.33. The molecule has 0 unspecified atom stereocenters. The van der Waals surface area contributed by atoms with Crippen LogP contribution in [0.4, 0.5) is 30.7 Å². The van der Waals surface area contributed by atoms with Gasteiger partial charge in [0.25, 0.3) is 0 Å². The Morgan fingerprint density at radius 3 is 1.35 bits per heavy atom. The summed E-state index contributed by atoms with van der Waals surface area (Å²) >= 11 is 0. The van der Waals surface area contributed by atoms with Gasteiger partial charge in [-0.2, -0.15) is 0 Å². The van der Waals surface area contributed by atoms with E-state index in [-0.39, 0.29) is 53.9 Å². The molecule has 2 rings (SSSR count). The maximum Gasteiger partial charge on any atom is 2.00 e. The van der Waals surface area contributed by atoms with Crippen molar-refractivity contribution in [3.05, 3.63) is 46.8 Å². The molecule has 2 aromatic carbocycles. The van der Waals surface area contributed by atoms with Crippen LogP contribution in [0.1, 0.15) is 0 Å². The summed E-state index contributed by atoms with van der Waals surface area (Å²) in [5.74, 6) is -14.5. The van der Waals surface area contributed by atoms with Gasteiger partial charge in [-0.3, -0.25) is 0 Å². The first kappa shape index (κ1) is 21.8. The molecule has 20 heavy (non-hydrogen) atoms. The molecule has 10 heteroatoms. The fraction of sp³-hybridized carbons (Fsp3) is 0. The molecule has 0 aromatic heterocycles. The van der Waals surface area contributed by atoms with Crippen molar-refractivity contribution >= 4 is 33.8 Å². The summed E-state index contributed by atoms with van der Waals surface area (Å²) in [4.78, 5) is 0. The Morgan fingerprint density at radius 2 is 0.900 bits per heavy atom. The van der Waals surface area contributed by atoms with Gasteiger partial charge in [0.15, 0.2) is 34.9 Å². The summed E-state index contributed by atoms with van der Waals surface area (Å²) in [6.07, 6.45) is 0. The van der Waals surface area contributed by atoms with Gasteiger partial charge >= 0.3 is 23.1 Å². The predicted octanol–water partition coefficient (Wildman–Crippen LogP) is -2.56. The molecule has 2 aromatic rings. The Bertz CT molecular complexity index is 648. The van der Waals surface area contributed by atoms with Crippen LogP contribution in [0.5, 0.6) is 0 Å². The molecule has 0 spiro atoms. The molecule has 0 saturated carbocycles. The van der Waals surface area contributed by atoms with E-state index in [0.29, 0.717) is 0 Å². The summed E-state index contributed by atoms with van der Waals surface area (Å²) in [7, 11) is 0. The maximum atomic E-state index is 13.1. The Balaban J connectivity index is 0. The van der Waals surface area contributed by atoms with Gasteiger partial charge in [-0.15, -0.1) is 0 Å². The maximum absolute atomic E-state index is 13.1. The normalized spacial score (nSPS) is 9.55. The largest absolute Gasteiger partial charge is 2.00 e. The van der Waals surface area contributed by atoms with E-state index in [1.165, 1.54) is 0 Å². The first-order valence-electron chi connectivity index (χ1n) is 4.15. The second-order valence-corrected chi connectivity index (χ2v) is 3.16. The van der Waals surface area contributed by atoms with Gasteiger partial charge in [0.2, 0.25) is 0 Å². The molecule has 0 aliphatic carbocycles. The third-order valence-electron chi connectivity index (χ3n) is 2.19. The predicted molar refractivity (Wildman–Crippen MR) is 49.4 cm³/mol. The molecule has 0 aliphatic rings. The van der Waals surface area contributed by atoms with Crippen LogP contribution >= 0.6 is 0 Å². The number of hydrogen-bond donors (Lipinski definition) is 0. The SMILES string of the molecule is Fc1cc(F)c2c(F)c(F)c(F)c(F)c2c1F.[Cl-].[Cl-].[Mg+2]. The smallest absolute Gasteiger partial charge is 1.00 e. The fourth-order valence-electron chi connectivity index (χ4n) is 1.43. The van der Waals surface area contributed by atoms with Crippen LogP contribution in [0.25, 0.3) is 10.8 Å². The van der Waals surface area contributed by atoms with Crippen molar-refractivity contribution in [3.8, 4) is 0 Å². The van der Waals surface area contributed by atoms with E-state index in [4.69, 9.17) is 0 Å². The van der Waals surface area contributed by atoms with E-state index in [1.807, 2.05) is 0 Å². The topological polar surface area (TPSA) is 0 Å². The summed E-state index contributed by atoms with van der Waals surface area (Å²) in [5, 5.41) is -3.07. The second-order valence-electron chi connectivity index (χ2n) is 3.16. The van der Waals surface area contributed by atoms with Crippen molar-refractivity contribution in [2.45, 2.75) is 0 Å². The zero-order chi connectivity index (χ0) is 12.9. The molecule has 0 atom stereocenters. The van der Waals surface area contributed by atoms with Crippen LogP contribution in [0.3, 0.4) is 0 Å². The van der Waals surface area contributed by atoms with Crippen molar-refractivity contribution in [2.75, 3.05) is 0 Å². The standard InChI is InChI=1S/C10HF7.2ClH.Mg/c11-2-1-3(12)6(13)5-4(2)7(14)9(16)10(17)8(5)15;;;/h1H;2*1H;/q;;;+2/p-2. The monoisotopic (exact) mass is 348 g/mol. The van der Waals surface area contributed by atoms with Crippen LogP contribution in [-0.4, -0.2) is 23.1 Å². The summed E-state index contributed by atoms with van der Waals surface area (Å²) < 4.78 is 90.6. The van der Waals surface area contributed by atoms with Gasteiger partial charge in [-0.1, -0.05) is 0 Å². The molecule has 0 amide bonds. The van der Waals surface area contributed by atoms with Crippen LogP contribution < -0.4 is 24.8 Å².